The second kappa shape index (κ2) is 5.53. The molecule has 0 bridgehead atoms. The molecule has 3 rings (SSSR count). The maximum absolute atomic E-state index is 13.2. The maximum atomic E-state index is 13.2. The second-order valence-electron chi connectivity index (χ2n) is 5.23. The lowest BCUT2D eigenvalue weighted by molar-refractivity contribution is -0.129. The molecular weight excluding hydrogens is 305 g/mol. The summed E-state index contributed by atoms with van der Waals surface area (Å²) in [6.45, 7) is 0.564. The molecule has 1 aliphatic heterocycles. The summed E-state index contributed by atoms with van der Waals surface area (Å²) in [5, 5.41) is 0. The van der Waals surface area contributed by atoms with E-state index in [0.29, 0.717) is 6.54 Å². The molecule has 114 valence electrons. The number of hydrogen-bond acceptors (Lipinski definition) is 3. The third-order valence-electron chi connectivity index (χ3n) is 3.66. The Balaban J connectivity index is 1.74. The maximum Gasteiger partial charge on any atom is 0.238 e. The first-order chi connectivity index (χ1) is 10.5. The summed E-state index contributed by atoms with van der Waals surface area (Å²) < 4.78 is 37.6. The molecule has 0 saturated carbocycles. The van der Waals surface area contributed by atoms with Crippen LogP contribution in [0.25, 0.3) is 0 Å². The van der Waals surface area contributed by atoms with Gasteiger partial charge in [0.15, 0.2) is 9.84 Å². The molecule has 0 fully saturated rings. The molecule has 1 heterocycles. The molecule has 0 unspecified atom stereocenters. The number of hydrogen-bond donors (Lipinski definition) is 0. The van der Waals surface area contributed by atoms with Crippen LogP contribution in [0, 0.1) is 5.82 Å². The summed E-state index contributed by atoms with van der Waals surface area (Å²) in [5.41, 5.74) is 1.58. The fourth-order valence-corrected chi connectivity index (χ4v) is 3.75. The van der Waals surface area contributed by atoms with Gasteiger partial charge in [-0.25, -0.2) is 12.8 Å². The lowest BCUT2D eigenvalue weighted by Crippen LogP contribution is -2.31. The number of rotatable bonds is 3. The van der Waals surface area contributed by atoms with Gasteiger partial charge in [0.05, 0.1) is 4.90 Å². The van der Waals surface area contributed by atoms with E-state index in [0.717, 1.165) is 11.1 Å². The predicted octanol–water partition coefficient (Wildman–Crippen LogP) is 2.14. The molecule has 2 aromatic carbocycles. The van der Waals surface area contributed by atoms with E-state index >= 15 is 0 Å². The van der Waals surface area contributed by atoms with Crippen LogP contribution in [0.5, 0.6) is 0 Å². The van der Waals surface area contributed by atoms with Crippen molar-refractivity contribution in [3.8, 4) is 0 Å². The van der Waals surface area contributed by atoms with Crippen molar-refractivity contribution in [2.75, 3.05) is 5.75 Å². The van der Waals surface area contributed by atoms with E-state index in [9.17, 15) is 17.6 Å². The van der Waals surface area contributed by atoms with Crippen molar-refractivity contribution < 1.29 is 17.6 Å². The van der Waals surface area contributed by atoms with Crippen LogP contribution in [-0.2, 0) is 27.7 Å². The number of carbonyl (C=O) groups excluding carboxylic acids is 1. The highest BCUT2D eigenvalue weighted by molar-refractivity contribution is 7.92. The molecule has 1 amide bonds. The smallest absolute Gasteiger partial charge is 0.238 e. The quantitative estimate of drug-likeness (QED) is 0.871. The highest BCUT2D eigenvalue weighted by Crippen LogP contribution is 2.24. The van der Waals surface area contributed by atoms with Crippen molar-refractivity contribution in [1.29, 1.82) is 0 Å². The number of amides is 1. The van der Waals surface area contributed by atoms with Crippen molar-refractivity contribution in [2.45, 2.75) is 18.0 Å². The van der Waals surface area contributed by atoms with Crippen LogP contribution in [0.15, 0.2) is 53.4 Å². The van der Waals surface area contributed by atoms with Gasteiger partial charge in [-0.15, -0.1) is 0 Å². The lowest BCUT2D eigenvalue weighted by Gasteiger charge is -2.15. The van der Waals surface area contributed by atoms with Gasteiger partial charge in [-0.05, 0) is 35.4 Å². The van der Waals surface area contributed by atoms with E-state index in [1.165, 1.54) is 29.2 Å². The zero-order valence-electron chi connectivity index (χ0n) is 11.7. The Kier molecular flexibility index (Phi) is 3.70. The number of halogens is 1. The number of fused-ring (bicyclic) bond motifs is 1. The Hall–Kier alpha value is -2.21. The first kappa shape index (κ1) is 14.7. The van der Waals surface area contributed by atoms with Crippen molar-refractivity contribution in [3.63, 3.8) is 0 Å². The van der Waals surface area contributed by atoms with Crippen LogP contribution in [0.4, 0.5) is 4.39 Å². The van der Waals surface area contributed by atoms with E-state index in [2.05, 4.69) is 0 Å². The van der Waals surface area contributed by atoms with Crippen molar-refractivity contribution in [2.24, 2.45) is 0 Å². The van der Waals surface area contributed by atoms with Crippen LogP contribution in [0.3, 0.4) is 0 Å². The molecule has 2 aromatic rings. The molecule has 0 N–H and O–H groups in total. The molecule has 6 heteroatoms. The van der Waals surface area contributed by atoms with E-state index in [-0.39, 0.29) is 17.3 Å². The van der Waals surface area contributed by atoms with E-state index in [4.69, 9.17) is 0 Å². The van der Waals surface area contributed by atoms with Gasteiger partial charge in [0.25, 0.3) is 0 Å². The summed E-state index contributed by atoms with van der Waals surface area (Å²) in [6.07, 6.45) is 0. The van der Waals surface area contributed by atoms with Gasteiger partial charge in [-0.3, -0.25) is 4.79 Å². The fourth-order valence-electron chi connectivity index (χ4n) is 2.50. The third-order valence-corrected chi connectivity index (χ3v) is 5.28. The molecule has 4 nitrogen and oxygen atoms in total. The number of benzene rings is 2. The third kappa shape index (κ3) is 2.87. The van der Waals surface area contributed by atoms with Crippen molar-refractivity contribution in [1.82, 2.24) is 4.90 Å². The fraction of sp³-hybridized carbons (Fsp3) is 0.188. The summed E-state index contributed by atoms with van der Waals surface area (Å²) in [6, 6.07) is 12.2. The van der Waals surface area contributed by atoms with E-state index in [1.807, 2.05) is 0 Å². The first-order valence-corrected chi connectivity index (χ1v) is 8.44. The SMILES string of the molecule is O=C(CS(=O)(=O)c1ccccc1)N1Cc2ccc(F)cc2C1. The zero-order valence-corrected chi connectivity index (χ0v) is 12.5. The predicted molar refractivity (Wildman–Crippen MR) is 79.1 cm³/mol. The molecule has 0 saturated heterocycles. The average molecular weight is 319 g/mol. The molecule has 22 heavy (non-hydrogen) atoms. The van der Waals surface area contributed by atoms with Crippen LogP contribution in [0.2, 0.25) is 0 Å². The molecule has 0 aromatic heterocycles. The van der Waals surface area contributed by atoms with Gasteiger partial charge in [0.2, 0.25) is 5.91 Å². The van der Waals surface area contributed by atoms with Crippen molar-refractivity contribution in [3.05, 3.63) is 65.5 Å². The number of carbonyl (C=O) groups is 1. The molecule has 1 aliphatic rings. The Labute approximate surface area is 128 Å². The van der Waals surface area contributed by atoms with Gasteiger partial charge in [0, 0.05) is 13.1 Å². The van der Waals surface area contributed by atoms with Crippen LogP contribution < -0.4 is 0 Å². The summed E-state index contributed by atoms with van der Waals surface area (Å²) in [5.74, 6) is -1.40. The standard InChI is InChI=1S/C16H14FNO3S/c17-14-7-6-12-9-18(10-13(12)8-14)16(19)11-22(20,21)15-4-2-1-3-5-15/h1-8H,9-11H2. The minimum atomic E-state index is -3.66. The van der Waals surface area contributed by atoms with Crippen molar-refractivity contribution >= 4 is 15.7 Å². The minimum absolute atomic E-state index is 0.131. The first-order valence-electron chi connectivity index (χ1n) is 6.78. The monoisotopic (exact) mass is 319 g/mol. The average Bonchev–Trinajstić information content (AvgIpc) is 2.91. The molecule has 0 aliphatic carbocycles. The Morgan fingerprint density at radius 1 is 1.05 bits per heavy atom. The van der Waals surface area contributed by atoms with Crippen LogP contribution >= 0.6 is 0 Å². The molecule has 0 spiro atoms. The Morgan fingerprint density at radius 2 is 1.73 bits per heavy atom. The number of nitrogens with zero attached hydrogens (tertiary/aromatic N) is 1. The van der Waals surface area contributed by atoms with Gasteiger partial charge in [-0.2, -0.15) is 0 Å². The summed E-state index contributed by atoms with van der Waals surface area (Å²) >= 11 is 0. The highest BCUT2D eigenvalue weighted by atomic mass is 32.2. The summed E-state index contributed by atoms with van der Waals surface area (Å²) in [4.78, 5) is 13.8. The second-order valence-corrected chi connectivity index (χ2v) is 7.22. The highest BCUT2D eigenvalue weighted by Gasteiger charge is 2.28. The summed E-state index contributed by atoms with van der Waals surface area (Å²) in [7, 11) is -3.66. The van der Waals surface area contributed by atoms with Crippen LogP contribution in [-0.4, -0.2) is 25.0 Å². The lowest BCUT2D eigenvalue weighted by atomic mass is 10.1. The van der Waals surface area contributed by atoms with Gasteiger partial charge in [0.1, 0.15) is 11.6 Å². The van der Waals surface area contributed by atoms with Crippen LogP contribution in [0.1, 0.15) is 11.1 Å². The molecule has 0 radical (unpaired) electrons. The largest absolute Gasteiger partial charge is 0.333 e. The minimum Gasteiger partial charge on any atom is -0.333 e. The number of sulfone groups is 1. The van der Waals surface area contributed by atoms with Gasteiger partial charge >= 0.3 is 0 Å². The zero-order chi connectivity index (χ0) is 15.7. The topological polar surface area (TPSA) is 54.5 Å². The van der Waals surface area contributed by atoms with E-state index < -0.39 is 21.5 Å². The Bertz CT molecular complexity index is 819. The van der Waals surface area contributed by atoms with Gasteiger partial charge in [-0.1, -0.05) is 24.3 Å². The van der Waals surface area contributed by atoms with Gasteiger partial charge < -0.3 is 4.90 Å². The molecular formula is C16H14FNO3S. The Morgan fingerprint density at radius 3 is 2.45 bits per heavy atom. The van der Waals surface area contributed by atoms with E-state index in [1.54, 1.807) is 24.3 Å². The normalized spacial score (nSPS) is 14.0. The molecule has 0 atom stereocenters.